The molecule has 1 aliphatic rings. The highest BCUT2D eigenvalue weighted by atomic mass is 127. The molecule has 7 nitrogen and oxygen atoms in total. The summed E-state index contributed by atoms with van der Waals surface area (Å²) >= 11 is 14.2. The number of halogens is 3. The fraction of sp³-hybridized carbons (Fsp3) is 0.115. The van der Waals surface area contributed by atoms with Gasteiger partial charge < -0.3 is 9.47 Å². The van der Waals surface area contributed by atoms with Gasteiger partial charge in [0.15, 0.2) is 11.5 Å². The molecule has 184 valence electrons. The number of anilines is 1. The molecule has 1 heterocycles. The molecule has 0 atom stereocenters. The highest BCUT2D eigenvalue weighted by Gasteiger charge is 2.37. The van der Waals surface area contributed by atoms with Crippen LogP contribution >= 0.6 is 45.8 Å². The van der Waals surface area contributed by atoms with Crippen LogP contribution in [0.15, 0.2) is 66.2 Å². The lowest BCUT2D eigenvalue weighted by Crippen LogP contribution is -2.54. The number of ether oxygens (including phenoxy) is 2. The summed E-state index contributed by atoms with van der Waals surface area (Å²) in [5, 5.41) is 3.03. The van der Waals surface area contributed by atoms with Gasteiger partial charge in [0.05, 0.1) is 20.9 Å². The smallest absolute Gasteiger partial charge is 0.335 e. The van der Waals surface area contributed by atoms with Gasteiger partial charge in [0.25, 0.3) is 11.8 Å². The van der Waals surface area contributed by atoms with Crippen molar-refractivity contribution >= 4 is 75.4 Å². The summed E-state index contributed by atoms with van der Waals surface area (Å²) in [6, 6.07) is 16.3. The van der Waals surface area contributed by atoms with Gasteiger partial charge in [-0.1, -0.05) is 47.5 Å². The molecule has 0 unspecified atom stereocenters. The molecule has 0 spiro atoms. The first kappa shape index (κ1) is 26.0. The van der Waals surface area contributed by atoms with Gasteiger partial charge in [0.1, 0.15) is 12.2 Å². The number of para-hydroxylation sites is 1. The molecule has 1 aliphatic heterocycles. The van der Waals surface area contributed by atoms with Gasteiger partial charge in [-0.2, -0.15) is 0 Å². The van der Waals surface area contributed by atoms with Crippen molar-refractivity contribution in [3.05, 3.63) is 91.0 Å². The first-order valence-electron chi connectivity index (χ1n) is 10.8. The average Bonchev–Trinajstić information content (AvgIpc) is 2.83. The molecule has 4 rings (SSSR count). The lowest BCUT2D eigenvalue weighted by atomic mass is 10.1. The first-order chi connectivity index (χ1) is 17.3. The molecule has 0 bridgehead atoms. The van der Waals surface area contributed by atoms with E-state index in [1.54, 1.807) is 42.5 Å². The SMILES string of the molecule is CCOc1cc(/C=C2\C(=O)NC(=O)N(c3ccccc3Cl)C2=O)cc(I)c1OCc1ccc(Cl)cc1. The van der Waals surface area contributed by atoms with Crippen LogP contribution in [0.1, 0.15) is 18.1 Å². The quantitative estimate of drug-likeness (QED) is 0.189. The van der Waals surface area contributed by atoms with E-state index in [4.69, 9.17) is 32.7 Å². The summed E-state index contributed by atoms with van der Waals surface area (Å²) in [5.74, 6) is -0.605. The monoisotopic (exact) mass is 636 g/mol. The van der Waals surface area contributed by atoms with E-state index in [2.05, 4.69) is 27.9 Å². The number of nitrogens with zero attached hydrogens (tertiary/aromatic N) is 1. The third kappa shape index (κ3) is 5.66. The number of rotatable bonds is 7. The van der Waals surface area contributed by atoms with Crippen LogP contribution in [0.5, 0.6) is 11.5 Å². The molecular weight excluding hydrogens is 618 g/mol. The number of imide groups is 2. The van der Waals surface area contributed by atoms with Gasteiger partial charge in [-0.25, -0.2) is 9.69 Å². The van der Waals surface area contributed by atoms with Gasteiger partial charge in [-0.15, -0.1) is 0 Å². The first-order valence-corrected chi connectivity index (χ1v) is 12.6. The number of hydrogen-bond acceptors (Lipinski definition) is 5. The molecule has 36 heavy (non-hydrogen) atoms. The van der Waals surface area contributed by atoms with Crippen LogP contribution in [-0.4, -0.2) is 24.5 Å². The standard InChI is InChI=1S/C26H19Cl2IN2O5/c1-2-35-22-13-16(12-20(29)23(22)36-14-15-7-9-17(27)10-8-15)11-18-24(32)30-26(34)31(25(18)33)21-6-4-3-5-19(21)28/h3-13H,2,14H2,1H3,(H,30,32,34)/b18-11+. The van der Waals surface area contributed by atoms with Crippen molar-refractivity contribution in [3.8, 4) is 11.5 Å². The number of hydrogen-bond donors (Lipinski definition) is 1. The maximum Gasteiger partial charge on any atom is 0.335 e. The van der Waals surface area contributed by atoms with Crippen LogP contribution in [-0.2, 0) is 16.2 Å². The Labute approximate surface area is 231 Å². The Morgan fingerprint density at radius 3 is 2.42 bits per heavy atom. The lowest BCUT2D eigenvalue weighted by Gasteiger charge is -2.27. The molecular formula is C26H19Cl2IN2O5. The van der Waals surface area contributed by atoms with Gasteiger partial charge in [-0.3, -0.25) is 14.9 Å². The number of carbonyl (C=O) groups excluding carboxylic acids is 3. The van der Waals surface area contributed by atoms with E-state index in [1.165, 1.54) is 12.1 Å². The number of amides is 4. The second kappa shape index (κ2) is 11.3. The summed E-state index contributed by atoms with van der Waals surface area (Å²) in [5.41, 5.74) is 1.41. The van der Waals surface area contributed by atoms with Crippen molar-refractivity contribution in [2.75, 3.05) is 11.5 Å². The summed E-state index contributed by atoms with van der Waals surface area (Å²) < 4.78 is 12.5. The lowest BCUT2D eigenvalue weighted by molar-refractivity contribution is -0.122. The van der Waals surface area contributed by atoms with E-state index in [9.17, 15) is 14.4 Å². The van der Waals surface area contributed by atoms with Crippen molar-refractivity contribution in [1.82, 2.24) is 5.32 Å². The Kier molecular flexibility index (Phi) is 8.17. The van der Waals surface area contributed by atoms with Crippen molar-refractivity contribution < 1.29 is 23.9 Å². The summed E-state index contributed by atoms with van der Waals surface area (Å²) in [6.45, 7) is 2.51. The average molecular weight is 637 g/mol. The normalized spacial score (nSPS) is 14.7. The zero-order valence-corrected chi connectivity index (χ0v) is 22.6. The molecule has 0 aromatic heterocycles. The number of carbonyl (C=O) groups is 3. The zero-order valence-electron chi connectivity index (χ0n) is 18.9. The van der Waals surface area contributed by atoms with Gasteiger partial charge >= 0.3 is 6.03 Å². The molecule has 1 N–H and O–H groups in total. The predicted octanol–water partition coefficient (Wildman–Crippen LogP) is 6.24. The Hall–Kier alpha value is -3.08. The van der Waals surface area contributed by atoms with Gasteiger partial charge in [-0.05, 0) is 83.1 Å². The maximum absolute atomic E-state index is 13.2. The largest absolute Gasteiger partial charge is 0.490 e. The van der Waals surface area contributed by atoms with Crippen molar-refractivity contribution in [3.63, 3.8) is 0 Å². The minimum Gasteiger partial charge on any atom is -0.490 e. The number of urea groups is 1. The molecule has 0 saturated carbocycles. The van der Waals surface area contributed by atoms with E-state index in [-0.39, 0.29) is 16.3 Å². The molecule has 1 fully saturated rings. The molecule has 0 aliphatic carbocycles. The highest BCUT2D eigenvalue weighted by Crippen LogP contribution is 2.36. The molecule has 3 aromatic carbocycles. The van der Waals surface area contributed by atoms with Gasteiger partial charge in [0, 0.05) is 5.02 Å². The van der Waals surface area contributed by atoms with E-state index in [0.29, 0.717) is 38.9 Å². The third-order valence-corrected chi connectivity index (χ3v) is 6.51. The molecule has 1 saturated heterocycles. The van der Waals surface area contributed by atoms with Crippen LogP contribution in [0.2, 0.25) is 10.0 Å². The molecule has 10 heteroatoms. The minimum absolute atomic E-state index is 0.176. The number of barbiturate groups is 1. The van der Waals surface area contributed by atoms with Crippen LogP contribution in [0.25, 0.3) is 6.08 Å². The van der Waals surface area contributed by atoms with E-state index >= 15 is 0 Å². The fourth-order valence-electron chi connectivity index (χ4n) is 3.49. The summed E-state index contributed by atoms with van der Waals surface area (Å²) in [7, 11) is 0. The summed E-state index contributed by atoms with van der Waals surface area (Å²) in [6.07, 6.45) is 1.40. The van der Waals surface area contributed by atoms with Crippen molar-refractivity contribution in [2.24, 2.45) is 0 Å². The van der Waals surface area contributed by atoms with Crippen LogP contribution in [0.3, 0.4) is 0 Å². The fourth-order valence-corrected chi connectivity index (χ4v) is 4.61. The number of nitrogens with one attached hydrogen (secondary N) is 1. The molecule has 0 radical (unpaired) electrons. The molecule has 4 amide bonds. The third-order valence-electron chi connectivity index (χ3n) is 5.13. The Morgan fingerprint density at radius 2 is 1.72 bits per heavy atom. The molecule has 3 aromatic rings. The van der Waals surface area contributed by atoms with Gasteiger partial charge in [0.2, 0.25) is 0 Å². The minimum atomic E-state index is -0.870. The van der Waals surface area contributed by atoms with E-state index in [1.807, 2.05) is 19.1 Å². The van der Waals surface area contributed by atoms with E-state index in [0.717, 1.165) is 10.5 Å². The predicted molar refractivity (Wildman–Crippen MR) is 147 cm³/mol. The second-order valence-electron chi connectivity index (χ2n) is 7.59. The van der Waals surface area contributed by atoms with E-state index < -0.39 is 17.8 Å². The highest BCUT2D eigenvalue weighted by molar-refractivity contribution is 14.1. The number of benzene rings is 3. The van der Waals surface area contributed by atoms with Crippen LogP contribution < -0.4 is 19.7 Å². The van der Waals surface area contributed by atoms with Crippen LogP contribution in [0.4, 0.5) is 10.5 Å². The Balaban J connectivity index is 1.66. The second-order valence-corrected chi connectivity index (χ2v) is 9.59. The Bertz CT molecular complexity index is 1380. The zero-order chi connectivity index (χ0) is 25.8. The summed E-state index contributed by atoms with van der Waals surface area (Å²) in [4.78, 5) is 39.1. The Morgan fingerprint density at radius 1 is 1.00 bits per heavy atom. The maximum atomic E-state index is 13.2. The topological polar surface area (TPSA) is 84.9 Å². The van der Waals surface area contributed by atoms with Crippen molar-refractivity contribution in [1.29, 1.82) is 0 Å². The van der Waals surface area contributed by atoms with Crippen LogP contribution in [0, 0.1) is 3.57 Å². The van der Waals surface area contributed by atoms with Crippen molar-refractivity contribution in [2.45, 2.75) is 13.5 Å².